The Hall–Kier alpha value is -1.98. The van der Waals surface area contributed by atoms with Gasteiger partial charge in [-0.1, -0.05) is 0 Å². The van der Waals surface area contributed by atoms with Gasteiger partial charge in [0.15, 0.2) is 5.65 Å². The van der Waals surface area contributed by atoms with Crippen LogP contribution in [0, 0.1) is 0 Å². The van der Waals surface area contributed by atoms with E-state index < -0.39 is 0 Å². The summed E-state index contributed by atoms with van der Waals surface area (Å²) in [5, 5.41) is 0.721. The summed E-state index contributed by atoms with van der Waals surface area (Å²) in [5.74, 6) is 0.362. The summed E-state index contributed by atoms with van der Waals surface area (Å²) in [6.45, 7) is 0. The minimum Gasteiger partial charge on any atom is -0.368 e. The molecule has 0 aliphatic rings. The molecule has 12 heavy (non-hydrogen) atoms. The second-order valence-corrected chi connectivity index (χ2v) is 2.24. The van der Waals surface area contributed by atoms with Crippen molar-refractivity contribution in [3.63, 3.8) is 0 Å². The first-order chi connectivity index (χ1) is 5.75. The van der Waals surface area contributed by atoms with Crippen LogP contribution in [0.2, 0.25) is 0 Å². The summed E-state index contributed by atoms with van der Waals surface area (Å²) >= 11 is 0. The Balaban J connectivity index is 2.80. The van der Waals surface area contributed by atoms with E-state index in [2.05, 4.69) is 19.9 Å². The predicted octanol–water partition coefficient (Wildman–Crippen LogP) is -0.416. The Morgan fingerprint density at radius 1 is 0.917 bits per heavy atom. The van der Waals surface area contributed by atoms with Gasteiger partial charge in [0.25, 0.3) is 0 Å². The van der Waals surface area contributed by atoms with Crippen LogP contribution in [0.15, 0.2) is 12.4 Å². The molecule has 0 aliphatic heterocycles. The molecule has 0 aliphatic carbocycles. The van der Waals surface area contributed by atoms with Crippen molar-refractivity contribution in [1.82, 2.24) is 19.9 Å². The molecule has 0 amide bonds. The molecule has 2 aromatic rings. The normalized spacial score (nSPS) is 10.3. The lowest BCUT2D eigenvalue weighted by Crippen LogP contribution is -1.99. The van der Waals surface area contributed by atoms with E-state index in [9.17, 15) is 0 Å². The summed E-state index contributed by atoms with van der Waals surface area (Å²) in [7, 11) is 0. The van der Waals surface area contributed by atoms with Crippen molar-refractivity contribution in [2.45, 2.75) is 0 Å². The maximum absolute atomic E-state index is 5.35. The Morgan fingerprint density at radius 2 is 1.42 bits per heavy atom. The highest BCUT2D eigenvalue weighted by Crippen LogP contribution is 2.07. The third-order valence-corrected chi connectivity index (χ3v) is 1.37. The number of hydrogen-bond acceptors (Lipinski definition) is 6. The van der Waals surface area contributed by atoms with Crippen molar-refractivity contribution < 1.29 is 0 Å². The van der Waals surface area contributed by atoms with Crippen LogP contribution in [-0.4, -0.2) is 19.9 Å². The third-order valence-electron chi connectivity index (χ3n) is 1.37. The lowest BCUT2D eigenvalue weighted by atomic mass is 10.4. The second-order valence-electron chi connectivity index (χ2n) is 2.24. The molecule has 0 bridgehead atoms. The van der Waals surface area contributed by atoms with E-state index >= 15 is 0 Å². The van der Waals surface area contributed by atoms with Gasteiger partial charge in [-0.25, -0.2) is 9.97 Å². The molecule has 0 radical (unpaired) electrons. The average molecular weight is 162 g/mol. The van der Waals surface area contributed by atoms with Crippen molar-refractivity contribution in [2.24, 2.45) is 0 Å². The van der Waals surface area contributed by atoms with Gasteiger partial charge in [-0.15, -0.1) is 0 Å². The number of nitrogen functional groups attached to an aromatic ring is 2. The van der Waals surface area contributed by atoms with E-state index in [1.807, 2.05) is 0 Å². The van der Waals surface area contributed by atoms with Gasteiger partial charge in [0.1, 0.15) is 0 Å². The molecule has 0 saturated heterocycles. The Labute approximate surface area is 67.7 Å². The maximum atomic E-state index is 5.35. The van der Waals surface area contributed by atoms with Crippen LogP contribution < -0.4 is 11.5 Å². The first-order valence-corrected chi connectivity index (χ1v) is 3.26. The Morgan fingerprint density at radius 3 is 1.92 bits per heavy atom. The average Bonchev–Trinajstić information content (AvgIpc) is 2.03. The number of rotatable bonds is 0. The molecule has 2 rings (SSSR count). The van der Waals surface area contributed by atoms with Crippen molar-refractivity contribution >= 4 is 22.9 Å². The first-order valence-electron chi connectivity index (χ1n) is 3.26. The molecule has 0 aromatic carbocycles. The van der Waals surface area contributed by atoms with Gasteiger partial charge in [0, 0.05) is 12.4 Å². The molecule has 0 spiro atoms. The summed E-state index contributed by atoms with van der Waals surface area (Å²) in [5.41, 5.74) is 11.2. The maximum Gasteiger partial charge on any atom is 0.222 e. The van der Waals surface area contributed by atoms with Gasteiger partial charge in [0.2, 0.25) is 11.9 Å². The summed E-state index contributed by atoms with van der Waals surface area (Å²) in [4.78, 5) is 15.3. The summed E-state index contributed by atoms with van der Waals surface area (Å²) in [6.07, 6.45) is 3.11. The van der Waals surface area contributed by atoms with Gasteiger partial charge in [-0.05, 0) is 0 Å². The van der Waals surface area contributed by atoms with Crippen molar-refractivity contribution in [1.29, 1.82) is 0 Å². The molecule has 6 heteroatoms. The largest absolute Gasteiger partial charge is 0.368 e. The molecule has 2 aromatic heterocycles. The van der Waals surface area contributed by atoms with Crippen LogP contribution in [0.4, 0.5) is 11.9 Å². The molecule has 0 saturated carbocycles. The third kappa shape index (κ3) is 0.986. The molecule has 2 heterocycles. The zero-order chi connectivity index (χ0) is 8.55. The van der Waals surface area contributed by atoms with Crippen LogP contribution in [-0.2, 0) is 0 Å². The molecule has 4 N–H and O–H groups in total. The Bertz CT molecular complexity index is 389. The topological polar surface area (TPSA) is 104 Å². The SMILES string of the molecule is Nc1ncc2cnc(N)nc2n1. The minimum absolute atomic E-state index is 0.181. The monoisotopic (exact) mass is 162 g/mol. The highest BCUT2D eigenvalue weighted by Gasteiger charge is 1.98. The highest BCUT2D eigenvalue weighted by atomic mass is 15.1. The number of hydrogen-bond donors (Lipinski definition) is 2. The molecule has 0 fully saturated rings. The van der Waals surface area contributed by atoms with E-state index in [4.69, 9.17) is 11.5 Å². The number of fused-ring (bicyclic) bond motifs is 1. The van der Waals surface area contributed by atoms with Gasteiger partial charge >= 0.3 is 0 Å². The van der Waals surface area contributed by atoms with E-state index in [1.165, 1.54) is 0 Å². The molecule has 0 atom stereocenters. The first kappa shape index (κ1) is 6.71. The number of aromatic nitrogens is 4. The van der Waals surface area contributed by atoms with Crippen molar-refractivity contribution in [3.05, 3.63) is 12.4 Å². The fourth-order valence-corrected chi connectivity index (χ4v) is 0.849. The second kappa shape index (κ2) is 2.26. The number of nitrogens with two attached hydrogens (primary N) is 2. The van der Waals surface area contributed by atoms with Crippen LogP contribution in [0.3, 0.4) is 0 Å². The van der Waals surface area contributed by atoms with Crippen LogP contribution in [0.25, 0.3) is 11.0 Å². The molecule has 0 unspecified atom stereocenters. The fourth-order valence-electron chi connectivity index (χ4n) is 0.849. The fraction of sp³-hybridized carbons (Fsp3) is 0. The quantitative estimate of drug-likeness (QED) is 0.545. The van der Waals surface area contributed by atoms with Crippen LogP contribution in [0.5, 0.6) is 0 Å². The predicted molar refractivity (Wildman–Crippen MR) is 44.0 cm³/mol. The molecule has 60 valence electrons. The molecular weight excluding hydrogens is 156 g/mol. The zero-order valence-corrected chi connectivity index (χ0v) is 6.10. The van der Waals surface area contributed by atoms with E-state index in [1.54, 1.807) is 12.4 Å². The van der Waals surface area contributed by atoms with Gasteiger partial charge in [-0.3, -0.25) is 0 Å². The van der Waals surface area contributed by atoms with E-state index in [0.29, 0.717) is 5.65 Å². The zero-order valence-electron chi connectivity index (χ0n) is 6.10. The van der Waals surface area contributed by atoms with Crippen LogP contribution in [0.1, 0.15) is 0 Å². The summed E-state index contributed by atoms with van der Waals surface area (Å²) < 4.78 is 0. The smallest absolute Gasteiger partial charge is 0.222 e. The molecule has 6 nitrogen and oxygen atoms in total. The lowest BCUT2D eigenvalue weighted by Gasteiger charge is -1.96. The van der Waals surface area contributed by atoms with Crippen molar-refractivity contribution in [2.75, 3.05) is 11.5 Å². The number of nitrogens with zero attached hydrogens (tertiary/aromatic N) is 4. The summed E-state index contributed by atoms with van der Waals surface area (Å²) in [6, 6.07) is 0. The van der Waals surface area contributed by atoms with Gasteiger partial charge in [0.05, 0.1) is 5.39 Å². The minimum atomic E-state index is 0.181. The lowest BCUT2D eigenvalue weighted by molar-refractivity contribution is 1.16. The van der Waals surface area contributed by atoms with Gasteiger partial charge < -0.3 is 11.5 Å². The van der Waals surface area contributed by atoms with Gasteiger partial charge in [-0.2, -0.15) is 9.97 Å². The van der Waals surface area contributed by atoms with Crippen molar-refractivity contribution in [3.8, 4) is 0 Å². The molecular formula is C6H6N6. The number of anilines is 2. The standard InChI is InChI=1S/C6H6N6/c7-5-9-1-3-2-10-6(8)12-4(3)11-5/h1-2H,(H4,7,8,9,10,11,12). The van der Waals surface area contributed by atoms with E-state index in [0.717, 1.165) is 5.39 Å². The highest BCUT2D eigenvalue weighted by molar-refractivity contribution is 5.74. The van der Waals surface area contributed by atoms with E-state index in [-0.39, 0.29) is 11.9 Å². The van der Waals surface area contributed by atoms with Crippen LogP contribution >= 0.6 is 0 Å². The Kier molecular flexibility index (Phi) is 1.26.